The van der Waals surface area contributed by atoms with Crippen molar-refractivity contribution in [3.05, 3.63) is 84.5 Å². The Labute approximate surface area is 342 Å². The number of aromatic nitrogens is 7. The number of nitrogens with two attached hydrogens (primary N) is 2. The minimum atomic E-state index is -5.45. The zero-order chi connectivity index (χ0) is 44.2. The molecule has 1 aromatic carbocycles. The lowest BCUT2D eigenvalue weighted by atomic mass is 10.1. The summed E-state index contributed by atoms with van der Waals surface area (Å²) in [6.45, 7) is 4.77. The molecule has 0 aliphatic carbocycles. The first-order chi connectivity index (χ1) is 27.3. The number of pyridine rings is 1. The lowest BCUT2D eigenvalue weighted by molar-refractivity contribution is 0.0995. The summed E-state index contributed by atoms with van der Waals surface area (Å²) >= 11 is 11.8. The van der Waals surface area contributed by atoms with Crippen LogP contribution >= 0.6 is 23.2 Å². The quantitative estimate of drug-likeness (QED) is 0.0442. The van der Waals surface area contributed by atoms with Crippen LogP contribution in [0.2, 0.25) is 10.6 Å². The van der Waals surface area contributed by atoms with Gasteiger partial charge < -0.3 is 32.5 Å². The Bertz CT molecular complexity index is 2870. The summed E-state index contributed by atoms with van der Waals surface area (Å²) in [7, 11) is -15.6. The number of nitrogen functional groups attached to an aromatic ring is 1. The summed E-state index contributed by atoms with van der Waals surface area (Å²) in [6.07, 6.45) is 0.945. The van der Waals surface area contributed by atoms with E-state index in [1.165, 1.54) is 13.8 Å². The first-order valence-electron chi connectivity index (χ1n) is 15.5. The molecule has 1 amide bonds. The highest BCUT2D eigenvalue weighted by molar-refractivity contribution is 7.91. The van der Waals surface area contributed by atoms with Gasteiger partial charge in [0, 0.05) is 17.8 Å². The van der Waals surface area contributed by atoms with Gasteiger partial charge in [0.2, 0.25) is 40.2 Å². The molecule has 4 rings (SSSR count). The second kappa shape index (κ2) is 17.7. The number of benzene rings is 1. The van der Waals surface area contributed by atoms with Crippen LogP contribution in [-0.4, -0.2) is 90.9 Å². The van der Waals surface area contributed by atoms with Crippen LogP contribution < -0.4 is 33.0 Å². The molecule has 0 spiro atoms. The maximum Gasteiger partial charge on any atom is 0.296 e. The minimum absolute atomic E-state index is 0.0239. The SMILES string of the molecule is C=C/C(N=Nc1c(C)c(C(N)=O)c(O)n(CC)c1=O)=C(\C=C(/CNc1nc(Cl)nc(Nc2ccc(S(=O)(=O)O)c(Nc3nc(N)nc(Cl)n3)c2)n1)S(=O)(=O)O)S(=O)(=O)O. The predicted molar refractivity (Wildman–Crippen MR) is 210 cm³/mol. The molecular weight excluding hydrogens is 892 g/mol. The van der Waals surface area contributed by atoms with Gasteiger partial charge in [-0.25, -0.2) is 0 Å². The molecule has 314 valence electrons. The third kappa shape index (κ3) is 11.3. The van der Waals surface area contributed by atoms with Gasteiger partial charge in [-0.1, -0.05) is 6.58 Å². The number of carbonyl (C=O) groups excluding carboxylic acids is 1. The lowest BCUT2D eigenvalue weighted by Gasteiger charge is -2.13. The molecule has 0 unspecified atom stereocenters. The van der Waals surface area contributed by atoms with E-state index in [1.54, 1.807) is 0 Å². The Hall–Kier alpha value is -6.21. The molecule has 26 nitrogen and oxygen atoms in total. The number of carbonyl (C=O) groups is 1. The van der Waals surface area contributed by atoms with Crippen molar-refractivity contribution in [3.63, 3.8) is 0 Å². The molecule has 3 heterocycles. The number of nitrogens with zero attached hydrogens (tertiary/aromatic N) is 9. The Morgan fingerprint density at radius 1 is 0.949 bits per heavy atom. The lowest BCUT2D eigenvalue weighted by Crippen LogP contribution is -2.25. The fourth-order valence-electron chi connectivity index (χ4n) is 4.70. The average Bonchev–Trinajstić information content (AvgIpc) is 3.08. The summed E-state index contributed by atoms with van der Waals surface area (Å²) in [5.74, 6) is -3.46. The Balaban J connectivity index is 1.73. The topological polar surface area (TPSA) is 413 Å². The van der Waals surface area contributed by atoms with Gasteiger partial charge in [-0.15, -0.1) is 10.2 Å². The third-order valence-corrected chi connectivity index (χ3v) is 10.3. The highest BCUT2D eigenvalue weighted by Crippen LogP contribution is 2.30. The zero-order valence-corrected chi connectivity index (χ0v) is 33.7. The smallest absolute Gasteiger partial charge is 0.296 e. The van der Waals surface area contributed by atoms with E-state index in [4.69, 9.17) is 34.7 Å². The van der Waals surface area contributed by atoms with Crippen molar-refractivity contribution in [2.24, 2.45) is 16.0 Å². The van der Waals surface area contributed by atoms with Gasteiger partial charge >= 0.3 is 0 Å². The molecule has 0 aliphatic rings. The van der Waals surface area contributed by atoms with Gasteiger partial charge in [-0.2, -0.15) is 55.2 Å². The van der Waals surface area contributed by atoms with E-state index in [0.717, 1.165) is 18.2 Å². The molecule has 4 aromatic rings. The van der Waals surface area contributed by atoms with Crippen molar-refractivity contribution in [3.8, 4) is 5.88 Å². The number of primary amides is 1. The summed E-state index contributed by atoms with van der Waals surface area (Å²) in [4.78, 5) is 44.6. The van der Waals surface area contributed by atoms with Crippen molar-refractivity contribution in [1.82, 2.24) is 34.5 Å². The van der Waals surface area contributed by atoms with E-state index in [-0.39, 0.29) is 52.7 Å². The van der Waals surface area contributed by atoms with Gasteiger partial charge in [0.25, 0.3) is 41.8 Å². The van der Waals surface area contributed by atoms with Crippen LogP contribution in [0, 0.1) is 6.92 Å². The molecule has 0 radical (unpaired) electrons. The number of anilines is 6. The van der Waals surface area contributed by atoms with E-state index >= 15 is 0 Å². The normalized spacial score (nSPS) is 12.9. The van der Waals surface area contributed by atoms with Gasteiger partial charge in [-0.3, -0.25) is 27.8 Å². The minimum Gasteiger partial charge on any atom is -0.494 e. The summed E-state index contributed by atoms with van der Waals surface area (Å²) in [6, 6.07) is 3.24. The summed E-state index contributed by atoms with van der Waals surface area (Å²) < 4.78 is 105. The number of azo groups is 1. The highest BCUT2D eigenvalue weighted by Gasteiger charge is 2.25. The van der Waals surface area contributed by atoms with Crippen LogP contribution in [0.1, 0.15) is 22.8 Å². The number of aromatic hydroxyl groups is 1. The molecule has 0 fully saturated rings. The second-order valence-corrected chi connectivity index (χ2v) is 16.1. The molecule has 3 aromatic heterocycles. The zero-order valence-electron chi connectivity index (χ0n) is 29.7. The van der Waals surface area contributed by atoms with Crippen molar-refractivity contribution in [1.29, 1.82) is 0 Å². The molecule has 0 saturated carbocycles. The number of amides is 1. The van der Waals surface area contributed by atoms with Crippen molar-refractivity contribution >= 4 is 100 Å². The van der Waals surface area contributed by atoms with Crippen LogP contribution in [-0.2, 0) is 36.9 Å². The van der Waals surface area contributed by atoms with Crippen LogP contribution in [0.15, 0.2) is 72.4 Å². The molecule has 0 atom stereocenters. The Morgan fingerprint density at radius 3 is 2.10 bits per heavy atom. The Kier molecular flexibility index (Phi) is 13.7. The van der Waals surface area contributed by atoms with Crippen LogP contribution in [0.5, 0.6) is 5.88 Å². The maximum absolute atomic E-state index is 13.0. The Morgan fingerprint density at radius 2 is 1.56 bits per heavy atom. The van der Waals surface area contributed by atoms with Crippen LogP contribution in [0.3, 0.4) is 0 Å². The van der Waals surface area contributed by atoms with Gasteiger partial charge in [0.05, 0.1) is 17.1 Å². The molecule has 0 bridgehead atoms. The number of nitrogens with one attached hydrogen (secondary N) is 3. The highest BCUT2D eigenvalue weighted by atomic mass is 35.5. The van der Waals surface area contributed by atoms with Crippen molar-refractivity contribution in [2.75, 3.05) is 28.2 Å². The predicted octanol–water partition coefficient (Wildman–Crippen LogP) is 2.23. The first-order valence-corrected chi connectivity index (χ1v) is 20.6. The molecule has 0 aliphatic heterocycles. The fourth-order valence-corrected chi connectivity index (χ4v) is 6.93. The number of hydrogen-bond donors (Lipinski definition) is 9. The van der Waals surface area contributed by atoms with E-state index in [2.05, 4.69) is 62.7 Å². The summed E-state index contributed by atoms with van der Waals surface area (Å²) in [5.41, 5.74) is 7.33. The van der Waals surface area contributed by atoms with Crippen molar-refractivity contribution < 1.29 is 48.8 Å². The molecule has 31 heteroatoms. The van der Waals surface area contributed by atoms with E-state index in [1.807, 2.05) is 0 Å². The monoisotopic (exact) mass is 918 g/mol. The van der Waals surface area contributed by atoms with E-state index in [9.17, 15) is 53.6 Å². The van der Waals surface area contributed by atoms with Gasteiger partial charge in [0.1, 0.15) is 21.1 Å². The number of rotatable bonds is 16. The van der Waals surface area contributed by atoms with Crippen molar-refractivity contribution in [2.45, 2.75) is 25.3 Å². The number of hydrogen-bond acceptors (Lipinski definition) is 21. The molecule has 11 N–H and O–H groups in total. The summed E-state index contributed by atoms with van der Waals surface area (Å²) in [5, 5.41) is 24.3. The van der Waals surface area contributed by atoms with E-state index in [0.29, 0.717) is 10.6 Å². The number of allylic oxidation sites excluding steroid dienone is 2. The van der Waals surface area contributed by atoms with Crippen LogP contribution in [0.4, 0.5) is 40.9 Å². The first kappa shape index (κ1) is 45.5. The molecule has 0 saturated heterocycles. The maximum atomic E-state index is 13.0. The fraction of sp³-hybridized carbons (Fsp3) is 0.143. The third-order valence-electron chi connectivity index (χ3n) is 7.24. The van der Waals surface area contributed by atoms with Gasteiger partial charge in [0.15, 0.2) is 5.69 Å². The standard InChI is InChI=1S/C28H28Cl2N14O12S3/c1-4-14(42-43-19-11(3)18(20(31)45)21(46)44(5-2)22(19)47)17(59(54,55)56)9-13(57(48,49)50)10-33-26-37-24(30)39-27(41-26)34-12-6-7-16(58(51,52)53)15(8-12)35-28-38-23(29)36-25(32)40-28/h4,6-9,46H,1,5,10H2,2-3H3,(H2,31,45)(H,48,49,50)(H,51,52,53)(H,54,55,56)(H3,32,35,36,38,40)(H2,33,34,37,39,41)/b13-9+,17-14-,43-42?. The van der Waals surface area contributed by atoms with Crippen LogP contribution in [0.25, 0.3) is 0 Å². The van der Waals surface area contributed by atoms with Gasteiger partial charge in [-0.05, 0) is 67.4 Å². The average molecular weight is 920 g/mol. The second-order valence-electron chi connectivity index (χ2n) is 11.1. The largest absolute Gasteiger partial charge is 0.494 e. The molecule has 59 heavy (non-hydrogen) atoms. The van der Waals surface area contributed by atoms with E-state index < -0.39 is 97.1 Å². The molecular formula is C28H28Cl2N14O12S3. The number of halogens is 2.